The van der Waals surface area contributed by atoms with Gasteiger partial charge in [-0.05, 0) is 41.5 Å². The van der Waals surface area contributed by atoms with Gasteiger partial charge in [0.1, 0.15) is 0 Å². The topological polar surface area (TPSA) is 83.5 Å². The summed E-state index contributed by atoms with van der Waals surface area (Å²) >= 11 is 5.96. The van der Waals surface area contributed by atoms with Crippen molar-refractivity contribution >= 4 is 23.3 Å². The van der Waals surface area contributed by atoms with Crippen LogP contribution in [-0.2, 0) is 4.74 Å². The molecule has 1 atom stereocenters. The van der Waals surface area contributed by atoms with Crippen LogP contribution in [0.4, 0.5) is 5.69 Å². The number of methoxy groups -OCH3 is 1. The summed E-state index contributed by atoms with van der Waals surface area (Å²) in [6.07, 6.45) is 2.61. The standard InChI is InChI=1S/C23H24ClN3O3/c1-30-23(29)20-8-9-25-14-21(20)16-4-3-7-19(13-16)27-11-10-26-15-22(28)17-5-2-6-18(24)12-17/h2-9,12-14,22,26-28H,10-11,15H2,1H3/t22-/m0/s1. The molecule has 7 heteroatoms. The zero-order chi connectivity index (χ0) is 21.3. The van der Waals surface area contributed by atoms with Gasteiger partial charge >= 0.3 is 5.97 Å². The van der Waals surface area contributed by atoms with Crippen LogP contribution in [0.15, 0.2) is 67.0 Å². The summed E-state index contributed by atoms with van der Waals surface area (Å²) in [5.74, 6) is -0.395. The Bertz CT molecular complexity index is 997. The van der Waals surface area contributed by atoms with E-state index in [2.05, 4.69) is 15.6 Å². The summed E-state index contributed by atoms with van der Waals surface area (Å²) in [7, 11) is 1.36. The predicted molar refractivity (Wildman–Crippen MR) is 119 cm³/mol. The minimum Gasteiger partial charge on any atom is -0.465 e. The molecule has 2 aromatic carbocycles. The summed E-state index contributed by atoms with van der Waals surface area (Å²) in [5, 5.41) is 17.4. The molecule has 1 aromatic heterocycles. The van der Waals surface area contributed by atoms with Crippen molar-refractivity contribution in [3.63, 3.8) is 0 Å². The Labute approximate surface area is 180 Å². The van der Waals surface area contributed by atoms with E-state index >= 15 is 0 Å². The van der Waals surface area contributed by atoms with Crippen molar-refractivity contribution in [1.29, 1.82) is 0 Å². The van der Waals surface area contributed by atoms with Gasteiger partial charge in [0.25, 0.3) is 0 Å². The molecule has 0 radical (unpaired) electrons. The van der Waals surface area contributed by atoms with Crippen LogP contribution in [0.25, 0.3) is 11.1 Å². The number of pyridine rings is 1. The molecule has 0 aliphatic carbocycles. The molecule has 1 heterocycles. The Morgan fingerprint density at radius 2 is 2.00 bits per heavy atom. The van der Waals surface area contributed by atoms with E-state index in [-0.39, 0.29) is 0 Å². The van der Waals surface area contributed by atoms with E-state index in [1.54, 1.807) is 30.6 Å². The smallest absolute Gasteiger partial charge is 0.338 e. The van der Waals surface area contributed by atoms with Crippen molar-refractivity contribution in [2.75, 3.05) is 32.1 Å². The fourth-order valence-corrected chi connectivity index (χ4v) is 3.27. The maximum absolute atomic E-state index is 12.0. The van der Waals surface area contributed by atoms with Gasteiger partial charge in [-0.3, -0.25) is 4.98 Å². The van der Waals surface area contributed by atoms with Gasteiger partial charge in [0.15, 0.2) is 0 Å². The minimum absolute atomic E-state index is 0.395. The van der Waals surface area contributed by atoms with Crippen LogP contribution in [0.5, 0.6) is 0 Å². The van der Waals surface area contributed by atoms with Crippen LogP contribution in [0.3, 0.4) is 0 Å². The van der Waals surface area contributed by atoms with Crippen molar-refractivity contribution in [2.45, 2.75) is 6.10 Å². The zero-order valence-corrected chi connectivity index (χ0v) is 17.4. The van der Waals surface area contributed by atoms with E-state index < -0.39 is 12.1 Å². The maximum Gasteiger partial charge on any atom is 0.338 e. The molecule has 0 saturated carbocycles. The average molecular weight is 426 g/mol. The van der Waals surface area contributed by atoms with E-state index in [1.807, 2.05) is 36.4 Å². The first-order valence-electron chi connectivity index (χ1n) is 9.59. The molecule has 3 rings (SSSR count). The number of hydrogen-bond donors (Lipinski definition) is 3. The SMILES string of the molecule is COC(=O)c1ccncc1-c1cccc(NCCNC[C@H](O)c2cccc(Cl)c2)c1. The number of carbonyl (C=O) groups is 1. The van der Waals surface area contributed by atoms with Crippen molar-refractivity contribution in [2.24, 2.45) is 0 Å². The van der Waals surface area contributed by atoms with Gasteiger partial charge in [-0.2, -0.15) is 0 Å². The number of anilines is 1. The van der Waals surface area contributed by atoms with E-state index in [0.29, 0.717) is 30.2 Å². The molecule has 0 amide bonds. The van der Waals surface area contributed by atoms with Crippen LogP contribution in [0.1, 0.15) is 22.0 Å². The lowest BCUT2D eigenvalue weighted by atomic mass is 10.0. The van der Waals surface area contributed by atoms with Gasteiger partial charge in [0.05, 0.1) is 18.8 Å². The van der Waals surface area contributed by atoms with Crippen molar-refractivity contribution < 1.29 is 14.6 Å². The number of esters is 1. The number of nitrogens with zero attached hydrogens (tertiary/aromatic N) is 1. The molecule has 0 aliphatic rings. The molecule has 0 saturated heterocycles. The number of nitrogens with one attached hydrogen (secondary N) is 2. The largest absolute Gasteiger partial charge is 0.465 e. The number of rotatable bonds is 9. The molecule has 156 valence electrons. The third-order valence-electron chi connectivity index (χ3n) is 4.60. The summed E-state index contributed by atoms with van der Waals surface area (Å²) in [4.78, 5) is 16.1. The predicted octanol–water partition coefficient (Wildman–Crippen LogP) is 3.92. The van der Waals surface area contributed by atoms with Crippen molar-refractivity contribution in [3.8, 4) is 11.1 Å². The summed E-state index contributed by atoms with van der Waals surface area (Å²) in [5.41, 5.74) is 3.77. The highest BCUT2D eigenvalue weighted by Gasteiger charge is 2.13. The molecule has 0 unspecified atom stereocenters. The molecular formula is C23H24ClN3O3. The van der Waals surface area contributed by atoms with Crippen LogP contribution in [-0.4, -0.2) is 42.8 Å². The minimum atomic E-state index is -0.616. The summed E-state index contributed by atoms with van der Waals surface area (Å²) in [6, 6.07) is 16.6. The van der Waals surface area contributed by atoms with E-state index in [4.69, 9.17) is 16.3 Å². The lowest BCUT2D eigenvalue weighted by Crippen LogP contribution is -2.26. The lowest BCUT2D eigenvalue weighted by molar-refractivity contribution is 0.0601. The van der Waals surface area contributed by atoms with Gasteiger partial charge in [0, 0.05) is 48.3 Å². The Morgan fingerprint density at radius 1 is 1.17 bits per heavy atom. The van der Waals surface area contributed by atoms with E-state index in [0.717, 1.165) is 22.4 Å². The van der Waals surface area contributed by atoms with Gasteiger partial charge in [-0.25, -0.2) is 4.79 Å². The molecule has 0 spiro atoms. The van der Waals surface area contributed by atoms with Gasteiger partial charge in [-0.15, -0.1) is 0 Å². The number of aliphatic hydroxyl groups excluding tert-OH is 1. The number of ether oxygens (including phenoxy) is 1. The van der Waals surface area contributed by atoms with E-state index in [9.17, 15) is 9.90 Å². The Balaban J connectivity index is 1.54. The van der Waals surface area contributed by atoms with Gasteiger partial charge in [-0.1, -0.05) is 35.9 Å². The van der Waals surface area contributed by atoms with E-state index in [1.165, 1.54) is 7.11 Å². The number of carbonyl (C=O) groups excluding carboxylic acids is 1. The average Bonchev–Trinajstić information content (AvgIpc) is 2.78. The monoisotopic (exact) mass is 425 g/mol. The van der Waals surface area contributed by atoms with Crippen LogP contribution >= 0.6 is 11.6 Å². The van der Waals surface area contributed by atoms with Crippen LogP contribution in [0, 0.1) is 0 Å². The van der Waals surface area contributed by atoms with Crippen molar-refractivity contribution in [1.82, 2.24) is 10.3 Å². The molecule has 0 fully saturated rings. The fraction of sp³-hybridized carbons (Fsp3) is 0.217. The zero-order valence-electron chi connectivity index (χ0n) is 16.6. The highest BCUT2D eigenvalue weighted by Crippen LogP contribution is 2.26. The molecular weight excluding hydrogens is 402 g/mol. The normalized spacial score (nSPS) is 11.7. The lowest BCUT2D eigenvalue weighted by Gasteiger charge is -2.14. The quantitative estimate of drug-likeness (QED) is 0.356. The third kappa shape index (κ3) is 5.79. The van der Waals surface area contributed by atoms with Gasteiger partial charge in [0.2, 0.25) is 0 Å². The maximum atomic E-state index is 12.0. The molecule has 3 aromatic rings. The number of hydrogen-bond acceptors (Lipinski definition) is 6. The van der Waals surface area contributed by atoms with Gasteiger partial charge < -0.3 is 20.5 Å². The summed E-state index contributed by atoms with van der Waals surface area (Å²) < 4.78 is 4.86. The van der Waals surface area contributed by atoms with Crippen molar-refractivity contribution in [3.05, 3.63) is 83.1 Å². The molecule has 3 N–H and O–H groups in total. The Morgan fingerprint density at radius 3 is 2.80 bits per heavy atom. The fourth-order valence-electron chi connectivity index (χ4n) is 3.07. The molecule has 6 nitrogen and oxygen atoms in total. The number of aromatic nitrogens is 1. The first-order chi connectivity index (χ1) is 14.6. The number of halogens is 1. The van der Waals surface area contributed by atoms with Crippen LogP contribution < -0.4 is 10.6 Å². The number of benzene rings is 2. The molecule has 0 aliphatic heterocycles. The van der Waals surface area contributed by atoms with Crippen LogP contribution in [0.2, 0.25) is 5.02 Å². The number of aliphatic hydroxyl groups is 1. The first-order valence-corrected chi connectivity index (χ1v) is 9.97. The highest BCUT2D eigenvalue weighted by molar-refractivity contribution is 6.30. The molecule has 0 bridgehead atoms. The second-order valence-electron chi connectivity index (χ2n) is 6.70. The Hall–Kier alpha value is -2.93. The highest BCUT2D eigenvalue weighted by atomic mass is 35.5. The summed E-state index contributed by atoms with van der Waals surface area (Å²) in [6.45, 7) is 1.77. The Kier molecular flexibility index (Phi) is 7.79. The third-order valence-corrected chi connectivity index (χ3v) is 4.84. The molecule has 30 heavy (non-hydrogen) atoms. The first kappa shape index (κ1) is 21.8. The second kappa shape index (κ2) is 10.7. The second-order valence-corrected chi connectivity index (χ2v) is 7.13.